The summed E-state index contributed by atoms with van der Waals surface area (Å²) in [7, 11) is -1.11. The monoisotopic (exact) mass is 238 g/mol. The molecule has 0 fully saturated rings. The minimum atomic E-state index is -1.11. The molecule has 2 aromatic rings. The number of hydrogen-bond acceptors (Lipinski definition) is 4. The Morgan fingerprint density at radius 3 is 2.75 bits per heavy atom. The number of nitrogens with zero attached hydrogens (tertiary/aromatic N) is 2. The van der Waals surface area contributed by atoms with Crippen LogP contribution in [0.1, 0.15) is 5.69 Å². The topological polar surface area (TPSA) is 70.0 Å². The van der Waals surface area contributed by atoms with Gasteiger partial charge in [-0.25, -0.2) is 0 Å². The molecule has 0 aliphatic heterocycles. The van der Waals surface area contributed by atoms with Crippen LogP contribution < -0.4 is 4.90 Å². The molecule has 16 heavy (non-hydrogen) atoms. The van der Waals surface area contributed by atoms with E-state index in [1.807, 2.05) is 30.3 Å². The first-order valence-electron chi connectivity index (χ1n) is 4.62. The molecular weight excluding hydrogens is 228 g/mol. The summed E-state index contributed by atoms with van der Waals surface area (Å²) in [6.45, 7) is 0. The summed E-state index contributed by atoms with van der Waals surface area (Å²) in [6, 6.07) is 9.18. The predicted molar refractivity (Wildman–Crippen MR) is 58.7 cm³/mol. The van der Waals surface area contributed by atoms with Crippen molar-refractivity contribution in [2.24, 2.45) is 0 Å². The van der Waals surface area contributed by atoms with Gasteiger partial charge in [0.2, 0.25) is 5.69 Å². The molecule has 0 radical (unpaired) electrons. The second-order valence-corrected chi connectivity index (χ2v) is 4.74. The molecule has 0 amide bonds. The zero-order valence-corrected chi connectivity index (χ0v) is 9.44. The maximum absolute atomic E-state index is 11.3. The number of aromatic nitrogens is 2. The summed E-state index contributed by atoms with van der Waals surface area (Å²) in [5.74, 6) is 0.136. The third kappa shape index (κ3) is 2.11. The molecule has 0 N–H and O–H groups in total. The molecule has 84 valence electrons. The summed E-state index contributed by atoms with van der Waals surface area (Å²) < 4.78 is 15.7. The fourth-order valence-corrected chi connectivity index (χ4v) is 2.02. The second-order valence-electron chi connectivity index (χ2n) is 3.31. The summed E-state index contributed by atoms with van der Waals surface area (Å²) in [4.78, 5) is 0.309. The molecule has 1 aromatic carbocycles. The van der Waals surface area contributed by atoms with E-state index >= 15 is 0 Å². The highest BCUT2D eigenvalue weighted by Gasteiger charge is 2.21. The molecule has 0 saturated heterocycles. The summed E-state index contributed by atoms with van der Waals surface area (Å²) >= 11 is 0. The Bertz CT molecular complexity index is 510. The second kappa shape index (κ2) is 4.44. The maximum atomic E-state index is 11.3. The van der Waals surface area contributed by atoms with Gasteiger partial charge in [-0.2, -0.15) is 0 Å². The van der Waals surface area contributed by atoms with Gasteiger partial charge in [0.05, 0.1) is 5.75 Å². The van der Waals surface area contributed by atoms with Gasteiger partial charge >= 0.3 is 0 Å². The van der Waals surface area contributed by atoms with E-state index in [0.29, 0.717) is 16.3 Å². The average molecular weight is 238 g/mol. The lowest BCUT2D eigenvalue weighted by atomic mass is 10.1. The van der Waals surface area contributed by atoms with Crippen molar-refractivity contribution in [2.75, 3.05) is 6.26 Å². The molecular formula is C10H10N2O3S. The van der Waals surface area contributed by atoms with Gasteiger partial charge in [0.1, 0.15) is 0 Å². The first-order valence-corrected chi connectivity index (χ1v) is 6.35. The van der Waals surface area contributed by atoms with Crippen molar-refractivity contribution in [1.29, 1.82) is 0 Å². The Hall–Kier alpha value is -1.69. The first-order chi connectivity index (χ1) is 7.68. The molecule has 0 spiro atoms. The van der Waals surface area contributed by atoms with Crippen LogP contribution in [-0.2, 0) is 16.6 Å². The zero-order valence-electron chi connectivity index (χ0n) is 8.62. The van der Waals surface area contributed by atoms with Crippen LogP contribution in [0.25, 0.3) is 11.3 Å². The van der Waals surface area contributed by atoms with E-state index in [-0.39, 0.29) is 5.75 Å². The molecule has 1 unspecified atom stereocenters. The van der Waals surface area contributed by atoms with Crippen LogP contribution in [0.4, 0.5) is 0 Å². The van der Waals surface area contributed by atoms with Crippen molar-refractivity contribution in [2.45, 2.75) is 5.75 Å². The van der Waals surface area contributed by atoms with Gasteiger partial charge in [-0.15, -0.1) is 0 Å². The largest absolute Gasteiger partial charge is 0.359 e. The van der Waals surface area contributed by atoms with Gasteiger partial charge in [-0.1, -0.05) is 30.3 Å². The van der Waals surface area contributed by atoms with Crippen LogP contribution in [0.5, 0.6) is 0 Å². The van der Waals surface area contributed by atoms with Crippen molar-refractivity contribution >= 4 is 10.8 Å². The lowest BCUT2D eigenvalue weighted by molar-refractivity contribution is -0.807. The fraction of sp³-hybridized carbons (Fsp3) is 0.200. The van der Waals surface area contributed by atoms with Crippen LogP contribution in [0, 0.1) is 5.21 Å². The molecule has 6 heteroatoms. The molecule has 5 nitrogen and oxygen atoms in total. The van der Waals surface area contributed by atoms with Gasteiger partial charge in [-0.3, -0.25) is 8.84 Å². The molecule has 1 heterocycles. The molecule has 2 rings (SSSR count). The summed E-state index contributed by atoms with van der Waals surface area (Å²) in [5, 5.41) is 15.0. The highest BCUT2D eigenvalue weighted by atomic mass is 32.2. The molecule has 1 atom stereocenters. The minimum Gasteiger partial charge on any atom is -0.359 e. The Morgan fingerprint density at radius 1 is 1.44 bits per heavy atom. The third-order valence-corrected chi connectivity index (χ3v) is 2.77. The summed E-state index contributed by atoms with van der Waals surface area (Å²) in [6.07, 6.45) is 1.53. The van der Waals surface area contributed by atoms with E-state index in [0.717, 1.165) is 5.56 Å². The quantitative estimate of drug-likeness (QED) is 0.743. The maximum Gasteiger partial charge on any atom is 0.252 e. The van der Waals surface area contributed by atoms with E-state index in [4.69, 9.17) is 0 Å². The van der Waals surface area contributed by atoms with Crippen molar-refractivity contribution < 1.29 is 13.7 Å². The number of benzene rings is 1. The zero-order chi connectivity index (χ0) is 11.5. The van der Waals surface area contributed by atoms with E-state index in [1.54, 1.807) is 0 Å². The van der Waals surface area contributed by atoms with E-state index in [2.05, 4.69) is 9.79 Å². The minimum absolute atomic E-state index is 0.136. The molecule has 1 aromatic heterocycles. The predicted octanol–water partition coefficient (Wildman–Crippen LogP) is 0.854. The van der Waals surface area contributed by atoms with Gasteiger partial charge in [0.25, 0.3) is 5.69 Å². The Balaban J connectivity index is 2.46. The highest BCUT2D eigenvalue weighted by Crippen LogP contribution is 2.19. The molecule has 0 aliphatic rings. The Morgan fingerprint density at radius 2 is 2.12 bits per heavy atom. The normalized spacial score (nSPS) is 12.6. The smallest absolute Gasteiger partial charge is 0.252 e. The van der Waals surface area contributed by atoms with E-state index < -0.39 is 10.8 Å². The van der Waals surface area contributed by atoms with Crippen LogP contribution in [0.2, 0.25) is 0 Å². The number of hydrogen-bond donors (Lipinski definition) is 0. The van der Waals surface area contributed by atoms with Crippen molar-refractivity contribution in [3.63, 3.8) is 0 Å². The van der Waals surface area contributed by atoms with Crippen molar-refractivity contribution in [3.05, 3.63) is 41.2 Å². The highest BCUT2D eigenvalue weighted by molar-refractivity contribution is 7.83. The van der Waals surface area contributed by atoms with Crippen molar-refractivity contribution in [3.8, 4) is 11.3 Å². The molecule has 0 aliphatic carbocycles. The van der Waals surface area contributed by atoms with Crippen LogP contribution in [0.3, 0.4) is 0 Å². The van der Waals surface area contributed by atoms with Crippen LogP contribution in [-0.4, -0.2) is 15.6 Å². The van der Waals surface area contributed by atoms with E-state index in [1.165, 1.54) is 6.26 Å². The van der Waals surface area contributed by atoms with Gasteiger partial charge < -0.3 is 5.21 Å². The Labute approximate surface area is 94.7 Å². The van der Waals surface area contributed by atoms with Gasteiger partial charge in [-0.05, 0) is 4.90 Å². The van der Waals surface area contributed by atoms with Gasteiger partial charge in [0, 0.05) is 27.8 Å². The first kappa shape index (κ1) is 10.8. The van der Waals surface area contributed by atoms with Crippen molar-refractivity contribution in [1.82, 2.24) is 5.16 Å². The van der Waals surface area contributed by atoms with Crippen LogP contribution >= 0.6 is 0 Å². The third-order valence-electron chi connectivity index (χ3n) is 2.09. The standard InChI is InChI=1S/C10H10N2O3S/c1-16(14)7-9-10(11-15-12(9)13)8-5-3-2-4-6-8/h2-6H,7H2,1H3. The summed E-state index contributed by atoms with van der Waals surface area (Å²) in [5.41, 5.74) is 1.53. The molecule has 0 saturated carbocycles. The number of rotatable bonds is 3. The van der Waals surface area contributed by atoms with Crippen LogP contribution in [0.15, 0.2) is 35.0 Å². The SMILES string of the molecule is CS(=O)Cc1c(-c2ccccc2)no[n+]1[O-]. The molecule has 0 bridgehead atoms. The van der Waals surface area contributed by atoms with Gasteiger partial charge in [0.15, 0.2) is 0 Å². The fourth-order valence-electron chi connectivity index (χ4n) is 1.40. The Kier molecular flexibility index (Phi) is 3.00. The lowest BCUT2D eigenvalue weighted by Crippen LogP contribution is -2.28. The lowest BCUT2D eigenvalue weighted by Gasteiger charge is -1.95. The van der Waals surface area contributed by atoms with E-state index in [9.17, 15) is 9.42 Å². The average Bonchev–Trinajstić information content (AvgIpc) is 2.61.